The fourth-order valence-electron chi connectivity index (χ4n) is 4.27. The fraction of sp³-hybridized carbons (Fsp3) is 0.400. The van der Waals surface area contributed by atoms with Gasteiger partial charge in [0.05, 0.1) is 6.61 Å². The summed E-state index contributed by atoms with van der Waals surface area (Å²) < 4.78 is 49.4. The van der Waals surface area contributed by atoms with Gasteiger partial charge >= 0.3 is 12.1 Å². The molecule has 0 bridgehead atoms. The third-order valence-corrected chi connectivity index (χ3v) is 7.09. The summed E-state index contributed by atoms with van der Waals surface area (Å²) in [5, 5.41) is 0.651. The van der Waals surface area contributed by atoms with Crippen LogP contribution in [-0.2, 0) is 36.9 Å². The molecule has 39 heavy (non-hydrogen) atoms. The molecule has 8 nitrogen and oxygen atoms in total. The van der Waals surface area contributed by atoms with Gasteiger partial charge in [-0.1, -0.05) is 77.9 Å². The number of esters is 1. The highest BCUT2D eigenvalue weighted by Crippen LogP contribution is 2.41. The van der Waals surface area contributed by atoms with Gasteiger partial charge in [-0.2, -0.15) is 8.42 Å². The Morgan fingerprint density at radius 3 is 1.95 bits per heavy atom. The highest BCUT2D eigenvalue weighted by atomic mass is 32.2. The molecule has 0 fully saturated rings. The molecule has 3 aromatic carbocycles. The van der Waals surface area contributed by atoms with Crippen LogP contribution in [-0.4, -0.2) is 31.7 Å². The average Bonchev–Trinajstić information content (AvgIpc) is 2.81. The lowest BCUT2D eigenvalue weighted by atomic mass is 9.78. The summed E-state index contributed by atoms with van der Waals surface area (Å²) in [5.41, 5.74) is 1.78. The Kier molecular flexibility index (Phi) is 8.77. The molecule has 0 heterocycles. The Morgan fingerprint density at radius 2 is 1.41 bits per heavy atom. The number of aryl methyl sites for hydroxylation is 1. The highest BCUT2D eigenvalue weighted by molar-refractivity contribution is 7.86. The smallest absolute Gasteiger partial charge is 0.434 e. The maximum Gasteiger partial charge on any atom is 0.513 e. The average molecular weight is 557 g/mol. The summed E-state index contributed by atoms with van der Waals surface area (Å²) in [5.74, 6) is 0.165. The summed E-state index contributed by atoms with van der Waals surface area (Å²) in [4.78, 5) is 24.9. The van der Waals surface area contributed by atoms with E-state index in [1.807, 2.05) is 53.7 Å². The first-order valence-electron chi connectivity index (χ1n) is 12.7. The Morgan fingerprint density at radius 1 is 0.846 bits per heavy atom. The second-order valence-corrected chi connectivity index (χ2v) is 12.8. The van der Waals surface area contributed by atoms with Crippen LogP contribution in [0.15, 0.2) is 53.4 Å². The number of carbonyl (C=O) groups is 2. The highest BCUT2D eigenvalue weighted by Gasteiger charge is 2.30. The molecule has 9 heteroatoms. The summed E-state index contributed by atoms with van der Waals surface area (Å²) in [6.45, 7) is 14.0. The second kappa shape index (κ2) is 11.4. The third kappa shape index (κ3) is 7.36. The molecule has 0 aromatic heterocycles. The molecule has 0 amide bonds. The van der Waals surface area contributed by atoms with E-state index in [-0.39, 0.29) is 39.9 Å². The van der Waals surface area contributed by atoms with Gasteiger partial charge in [0.1, 0.15) is 16.4 Å². The van der Waals surface area contributed by atoms with E-state index in [0.717, 1.165) is 16.7 Å². The molecule has 0 spiro atoms. The Bertz CT molecular complexity index is 1460. The molecule has 3 aromatic rings. The van der Waals surface area contributed by atoms with Gasteiger partial charge < -0.3 is 14.2 Å². The van der Waals surface area contributed by atoms with Crippen LogP contribution >= 0.6 is 0 Å². The summed E-state index contributed by atoms with van der Waals surface area (Å²) in [6, 6.07) is 12.9. The first kappa shape index (κ1) is 30.1. The quantitative estimate of drug-likeness (QED) is 0.147. The number of hydrogen-bond acceptors (Lipinski definition) is 7. The molecule has 0 aliphatic carbocycles. The van der Waals surface area contributed by atoms with Gasteiger partial charge in [-0.25, -0.2) is 4.79 Å². The van der Waals surface area contributed by atoms with Gasteiger partial charge in [0.25, 0.3) is 10.1 Å². The molecule has 0 aliphatic heterocycles. The normalized spacial score (nSPS) is 12.3. The van der Waals surface area contributed by atoms with Crippen LogP contribution < -0.4 is 9.47 Å². The predicted octanol–water partition coefficient (Wildman–Crippen LogP) is 6.76. The van der Waals surface area contributed by atoms with Crippen molar-refractivity contribution in [1.82, 2.24) is 0 Å². The van der Waals surface area contributed by atoms with Crippen LogP contribution in [0.2, 0.25) is 0 Å². The van der Waals surface area contributed by atoms with Crippen molar-refractivity contribution in [3.8, 4) is 11.5 Å². The zero-order valence-corrected chi connectivity index (χ0v) is 24.3. The topological polar surface area (TPSA) is 116 Å². The van der Waals surface area contributed by atoms with Crippen molar-refractivity contribution in [3.63, 3.8) is 0 Å². The molecular weight excluding hydrogens is 520 g/mol. The summed E-state index contributed by atoms with van der Waals surface area (Å²) in [6.07, 6.45) is -0.345. The molecule has 0 saturated carbocycles. The summed E-state index contributed by atoms with van der Waals surface area (Å²) in [7, 11) is -4.45. The van der Waals surface area contributed by atoms with Crippen LogP contribution in [0.3, 0.4) is 0 Å². The Labute approximate surface area is 230 Å². The minimum atomic E-state index is -4.45. The van der Waals surface area contributed by atoms with Gasteiger partial charge in [-0.15, -0.1) is 0 Å². The van der Waals surface area contributed by atoms with E-state index in [2.05, 4.69) is 0 Å². The zero-order valence-electron chi connectivity index (χ0n) is 23.5. The van der Waals surface area contributed by atoms with E-state index in [9.17, 15) is 22.6 Å². The maximum atomic E-state index is 12.9. The standard InChI is InChI=1S/C30H36O8S/c1-8-36-28(32)38-27-22(29(2,3)4)17-19(18-23(27)30(5,6)7)15-16-26(31)37-24-13-9-12-21-20(24)11-10-14-25(21)39(33,34)35/h9-14,17-18H,8,15-16H2,1-7H3,(H,33,34,35). The third-order valence-electron chi connectivity index (χ3n) is 6.17. The number of fused-ring (bicyclic) bond motifs is 1. The Balaban J connectivity index is 1.92. The molecule has 3 rings (SSSR count). The fourth-order valence-corrected chi connectivity index (χ4v) is 4.98. The zero-order chi connectivity index (χ0) is 29.2. The predicted molar refractivity (Wildman–Crippen MR) is 149 cm³/mol. The molecule has 0 atom stereocenters. The number of ether oxygens (including phenoxy) is 3. The molecule has 1 N–H and O–H groups in total. The number of carbonyl (C=O) groups excluding carboxylic acids is 2. The largest absolute Gasteiger partial charge is 0.513 e. The first-order valence-corrected chi connectivity index (χ1v) is 14.2. The van der Waals surface area contributed by atoms with Crippen molar-refractivity contribution < 1.29 is 36.8 Å². The lowest BCUT2D eigenvalue weighted by Gasteiger charge is -2.30. The van der Waals surface area contributed by atoms with Gasteiger partial charge in [0, 0.05) is 28.3 Å². The van der Waals surface area contributed by atoms with E-state index in [1.54, 1.807) is 25.1 Å². The van der Waals surface area contributed by atoms with Crippen molar-refractivity contribution in [3.05, 3.63) is 65.2 Å². The van der Waals surface area contributed by atoms with Gasteiger partial charge in [-0.05, 0) is 41.9 Å². The Hall–Kier alpha value is -3.43. The summed E-state index contributed by atoms with van der Waals surface area (Å²) >= 11 is 0. The van der Waals surface area contributed by atoms with E-state index < -0.39 is 22.2 Å². The van der Waals surface area contributed by atoms with Crippen molar-refractivity contribution in [2.75, 3.05) is 6.61 Å². The second-order valence-electron chi connectivity index (χ2n) is 11.4. The molecule has 210 valence electrons. The van der Waals surface area contributed by atoms with Gasteiger partial charge in [0.2, 0.25) is 0 Å². The molecular formula is C30H36O8S. The van der Waals surface area contributed by atoms with Crippen molar-refractivity contribution in [2.24, 2.45) is 0 Å². The maximum absolute atomic E-state index is 12.9. The van der Waals surface area contributed by atoms with Crippen molar-refractivity contribution in [1.29, 1.82) is 0 Å². The van der Waals surface area contributed by atoms with Crippen molar-refractivity contribution in [2.45, 2.75) is 77.0 Å². The molecule has 0 aliphatic rings. The van der Waals surface area contributed by atoms with E-state index in [1.165, 1.54) is 18.2 Å². The minimum Gasteiger partial charge on any atom is -0.434 e. The van der Waals surface area contributed by atoms with Crippen molar-refractivity contribution >= 4 is 33.0 Å². The van der Waals surface area contributed by atoms with Crippen LogP contribution in [0.5, 0.6) is 11.5 Å². The van der Waals surface area contributed by atoms with Gasteiger partial charge in [0.15, 0.2) is 0 Å². The van der Waals surface area contributed by atoms with Crippen LogP contribution in [0.1, 0.15) is 71.6 Å². The molecule has 0 saturated heterocycles. The molecule has 0 radical (unpaired) electrons. The minimum absolute atomic E-state index is 0.0552. The first-order chi connectivity index (χ1) is 18.0. The van der Waals surface area contributed by atoms with Crippen LogP contribution in [0.4, 0.5) is 4.79 Å². The van der Waals surface area contributed by atoms with E-state index in [4.69, 9.17) is 14.2 Å². The lowest BCUT2D eigenvalue weighted by molar-refractivity contribution is -0.134. The number of rotatable bonds is 7. The van der Waals surface area contributed by atoms with Crippen LogP contribution in [0.25, 0.3) is 10.8 Å². The van der Waals surface area contributed by atoms with E-state index >= 15 is 0 Å². The van der Waals surface area contributed by atoms with E-state index in [0.29, 0.717) is 17.6 Å². The number of benzene rings is 3. The van der Waals surface area contributed by atoms with Gasteiger partial charge in [-0.3, -0.25) is 9.35 Å². The SMILES string of the molecule is CCOC(=O)Oc1c(C(C)(C)C)cc(CCC(=O)Oc2cccc3c(S(=O)(=O)O)cccc23)cc1C(C)(C)C. The number of hydrogen-bond donors (Lipinski definition) is 1. The molecule has 0 unspecified atom stereocenters. The monoisotopic (exact) mass is 556 g/mol. The lowest BCUT2D eigenvalue weighted by Crippen LogP contribution is -2.23. The van der Waals surface area contributed by atoms with Crippen LogP contribution in [0, 0.1) is 0 Å².